The van der Waals surface area contributed by atoms with Crippen molar-refractivity contribution in [1.29, 1.82) is 0 Å². The molecule has 0 bridgehead atoms. The van der Waals surface area contributed by atoms with E-state index in [4.69, 9.17) is 5.73 Å². The highest BCUT2D eigenvalue weighted by molar-refractivity contribution is 5.85. The van der Waals surface area contributed by atoms with Gasteiger partial charge in [-0.3, -0.25) is 4.68 Å². The van der Waals surface area contributed by atoms with Crippen LogP contribution in [0.2, 0.25) is 0 Å². The molecule has 1 aromatic heterocycles. The van der Waals surface area contributed by atoms with Gasteiger partial charge in [-0.1, -0.05) is 0 Å². The largest absolute Gasteiger partial charge is 0.330 e. The van der Waals surface area contributed by atoms with Gasteiger partial charge in [0.1, 0.15) is 12.7 Å². The lowest BCUT2D eigenvalue weighted by Gasteiger charge is -1.94. The highest BCUT2D eigenvalue weighted by Crippen LogP contribution is 1.82. The lowest BCUT2D eigenvalue weighted by molar-refractivity contribution is 0.583. The first kappa shape index (κ1) is 13.3. The third-order valence-electron chi connectivity index (χ3n) is 1.06. The lowest BCUT2D eigenvalue weighted by atomic mass is 10.4. The van der Waals surface area contributed by atoms with Crippen molar-refractivity contribution >= 4 is 24.8 Å². The van der Waals surface area contributed by atoms with Crippen LogP contribution in [-0.2, 0) is 6.54 Å². The molecule has 1 rings (SSSR count). The quantitative estimate of drug-likeness (QED) is 0.769. The second kappa shape index (κ2) is 7.78. The zero-order valence-corrected chi connectivity index (χ0v) is 7.64. The molecule has 1 heterocycles. The van der Waals surface area contributed by atoms with Crippen molar-refractivity contribution in [3.05, 3.63) is 12.7 Å². The van der Waals surface area contributed by atoms with Crippen LogP contribution >= 0.6 is 24.8 Å². The average Bonchev–Trinajstić information content (AvgIpc) is 2.34. The Balaban J connectivity index is 0. The molecule has 11 heavy (non-hydrogen) atoms. The minimum absolute atomic E-state index is 0. The monoisotopic (exact) mass is 198 g/mol. The summed E-state index contributed by atoms with van der Waals surface area (Å²) in [6.45, 7) is 1.58. The first-order chi connectivity index (χ1) is 4.43. The Labute approximate surface area is 78.0 Å². The summed E-state index contributed by atoms with van der Waals surface area (Å²) < 4.78 is 1.77. The van der Waals surface area contributed by atoms with Gasteiger partial charge in [0.25, 0.3) is 0 Å². The minimum Gasteiger partial charge on any atom is -0.330 e. The maximum absolute atomic E-state index is 5.28. The molecule has 2 N–H and O–H groups in total. The van der Waals surface area contributed by atoms with Gasteiger partial charge in [-0.25, -0.2) is 4.98 Å². The molecule has 0 amide bonds. The fraction of sp³-hybridized carbons (Fsp3) is 0.600. The van der Waals surface area contributed by atoms with Gasteiger partial charge in [0.15, 0.2) is 0 Å². The van der Waals surface area contributed by atoms with E-state index in [1.165, 1.54) is 6.33 Å². The number of aromatic nitrogens is 3. The van der Waals surface area contributed by atoms with E-state index in [9.17, 15) is 0 Å². The molecule has 0 unspecified atom stereocenters. The molecule has 0 aliphatic rings. The second-order valence-electron chi connectivity index (χ2n) is 1.80. The van der Waals surface area contributed by atoms with Crippen molar-refractivity contribution in [3.63, 3.8) is 0 Å². The van der Waals surface area contributed by atoms with E-state index >= 15 is 0 Å². The standard InChI is InChI=1S/C5H10N4.2ClH/c6-2-1-3-9-5-7-4-8-9;;/h4-5H,1-3,6H2;2*1H. The van der Waals surface area contributed by atoms with Crippen LogP contribution in [0.15, 0.2) is 12.7 Å². The third-order valence-corrected chi connectivity index (χ3v) is 1.06. The molecule has 0 spiro atoms. The van der Waals surface area contributed by atoms with Crippen molar-refractivity contribution in [2.45, 2.75) is 13.0 Å². The summed E-state index contributed by atoms with van der Waals surface area (Å²) in [5.41, 5.74) is 5.28. The number of nitrogens with two attached hydrogens (primary N) is 1. The van der Waals surface area contributed by atoms with Gasteiger partial charge in [0.2, 0.25) is 0 Å². The Kier molecular flexibility index (Phi) is 9.40. The van der Waals surface area contributed by atoms with Crippen LogP contribution in [-0.4, -0.2) is 21.3 Å². The SMILES string of the molecule is Cl.Cl.NCCCn1cncn1. The van der Waals surface area contributed by atoms with Crippen molar-refractivity contribution in [1.82, 2.24) is 14.8 Å². The summed E-state index contributed by atoms with van der Waals surface area (Å²) in [5, 5.41) is 3.90. The van der Waals surface area contributed by atoms with Crippen molar-refractivity contribution in [2.24, 2.45) is 5.73 Å². The lowest BCUT2D eigenvalue weighted by Crippen LogP contribution is -2.05. The molecule has 0 fully saturated rings. The smallest absolute Gasteiger partial charge is 0.137 e. The third kappa shape index (κ3) is 5.01. The second-order valence-corrected chi connectivity index (χ2v) is 1.80. The summed E-state index contributed by atoms with van der Waals surface area (Å²) in [6, 6.07) is 0. The van der Waals surface area contributed by atoms with Gasteiger partial charge in [-0.15, -0.1) is 24.8 Å². The molecule has 0 radical (unpaired) electrons. The Morgan fingerprint density at radius 3 is 2.55 bits per heavy atom. The van der Waals surface area contributed by atoms with Crippen molar-refractivity contribution < 1.29 is 0 Å². The molecule has 6 heteroatoms. The average molecular weight is 199 g/mol. The molecule has 0 saturated carbocycles. The number of hydrogen-bond acceptors (Lipinski definition) is 3. The highest BCUT2D eigenvalue weighted by atomic mass is 35.5. The molecule has 4 nitrogen and oxygen atoms in total. The van der Waals surface area contributed by atoms with Crippen LogP contribution in [0.4, 0.5) is 0 Å². The number of hydrogen-bond donors (Lipinski definition) is 1. The van der Waals surface area contributed by atoms with E-state index in [1.807, 2.05) is 0 Å². The van der Waals surface area contributed by atoms with Crippen LogP contribution < -0.4 is 5.73 Å². The molecule has 1 aromatic rings. The molecular weight excluding hydrogens is 187 g/mol. The van der Waals surface area contributed by atoms with Crippen LogP contribution in [0, 0.1) is 0 Å². The van der Waals surface area contributed by atoms with Gasteiger partial charge in [0.05, 0.1) is 0 Å². The molecule has 0 aliphatic carbocycles. The fourth-order valence-electron chi connectivity index (χ4n) is 0.601. The minimum atomic E-state index is 0. The first-order valence-corrected chi connectivity index (χ1v) is 2.96. The maximum atomic E-state index is 5.28. The van der Waals surface area contributed by atoms with Gasteiger partial charge < -0.3 is 5.73 Å². The number of nitrogens with zero attached hydrogens (tertiary/aromatic N) is 3. The van der Waals surface area contributed by atoms with Crippen LogP contribution in [0.3, 0.4) is 0 Å². The molecule has 0 atom stereocenters. The summed E-state index contributed by atoms with van der Waals surface area (Å²) in [5.74, 6) is 0. The zero-order chi connectivity index (χ0) is 6.53. The van der Waals surface area contributed by atoms with Gasteiger partial charge in [-0.05, 0) is 13.0 Å². The predicted molar refractivity (Wildman–Crippen MR) is 48.2 cm³/mol. The summed E-state index contributed by atoms with van der Waals surface area (Å²) in [6.07, 6.45) is 4.18. The Morgan fingerprint density at radius 1 is 1.36 bits per heavy atom. The molecular formula is C5H12Cl2N4. The van der Waals surface area contributed by atoms with Crippen LogP contribution in [0.25, 0.3) is 0 Å². The molecule has 0 saturated heterocycles. The molecule has 66 valence electrons. The number of aryl methyl sites for hydroxylation is 1. The van der Waals surface area contributed by atoms with E-state index < -0.39 is 0 Å². The predicted octanol–water partition coefficient (Wildman–Crippen LogP) is 0.470. The maximum Gasteiger partial charge on any atom is 0.137 e. The molecule has 0 aliphatic heterocycles. The van der Waals surface area contributed by atoms with Crippen LogP contribution in [0.5, 0.6) is 0 Å². The normalized spacial score (nSPS) is 8.09. The summed E-state index contributed by atoms with van der Waals surface area (Å²) in [7, 11) is 0. The fourth-order valence-corrected chi connectivity index (χ4v) is 0.601. The Morgan fingerprint density at radius 2 is 2.09 bits per heavy atom. The Hall–Kier alpha value is -0.320. The number of rotatable bonds is 3. The van der Waals surface area contributed by atoms with E-state index in [2.05, 4.69) is 10.1 Å². The van der Waals surface area contributed by atoms with Gasteiger partial charge in [0, 0.05) is 6.54 Å². The zero-order valence-electron chi connectivity index (χ0n) is 6.01. The van der Waals surface area contributed by atoms with E-state index in [0.29, 0.717) is 6.54 Å². The summed E-state index contributed by atoms with van der Waals surface area (Å²) >= 11 is 0. The van der Waals surface area contributed by atoms with Crippen molar-refractivity contribution in [3.8, 4) is 0 Å². The van der Waals surface area contributed by atoms with E-state index in [0.717, 1.165) is 13.0 Å². The highest BCUT2D eigenvalue weighted by Gasteiger charge is 1.86. The van der Waals surface area contributed by atoms with E-state index in [1.54, 1.807) is 11.0 Å². The summed E-state index contributed by atoms with van der Waals surface area (Å²) in [4.78, 5) is 3.79. The number of halogens is 2. The van der Waals surface area contributed by atoms with E-state index in [-0.39, 0.29) is 24.8 Å². The van der Waals surface area contributed by atoms with Gasteiger partial charge >= 0.3 is 0 Å². The topological polar surface area (TPSA) is 56.7 Å². The molecule has 0 aromatic carbocycles. The van der Waals surface area contributed by atoms with Gasteiger partial charge in [-0.2, -0.15) is 5.10 Å². The first-order valence-electron chi connectivity index (χ1n) is 2.96. The van der Waals surface area contributed by atoms with Crippen molar-refractivity contribution in [2.75, 3.05) is 6.54 Å². The Bertz CT molecular complexity index is 154. The van der Waals surface area contributed by atoms with Crippen LogP contribution in [0.1, 0.15) is 6.42 Å².